The van der Waals surface area contributed by atoms with Crippen LogP contribution in [0, 0.1) is 0 Å². The minimum Gasteiger partial charge on any atom is -0.496 e. The molecule has 0 aromatic heterocycles. The van der Waals surface area contributed by atoms with Gasteiger partial charge in [0.05, 0.1) is 25.5 Å². The number of hydrogen-bond acceptors (Lipinski definition) is 5. The lowest BCUT2D eigenvalue weighted by Gasteiger charge is -2.13. The summed E-state index contributed by atoms with van der Waals surface area (Å²) in [6.07, 6.45) is 1.56. The number of benzene rings is 4. The van der Waals surface area contributed by atoms with Crippen LogP contribution >= 0.6 is 0 Å². The van der Waals surface area contributed by atoms with E-state index in [1.807, 2.05) is 43.3 Å². The first-order valence-electron chi connectivity index (χ1n) is 11.0. The smallest absolute Gasteiger partial charge is 0.275 e. The van der Waals surface area contributed by atoms with E-state index in [9.17, 15) is 4.79 Å². The maximum absolute atomic E-state index is 12.4. The van der Waals surface area contributed by atoms with Crippen molar-refractivity contribution in [3.05, 3.63) is 102 Å². The van der Waals surface area contributed by atoms with Crippen LogP contribution in [-0.2, 0) is 6.61 Å². The van der Waals surface area contributed by atoms with E-state index in [0.29, 0.717) is 36.0 Å². The third-order valence-corrected chi connectivity index (χ3v) is 5.26. The molecule has 0 unspecified atom stereocenters. The molecule has 0 bridgehead atoms. The van der Waals surface area contributed by atoms with E-state index in [-0.39, 0.29) is 5.91 Å². The number of carbonyl (C=O) groups excluding carboxylic acids is 1. The lowest BCUT2D eigenvalue weighted by Crippen LogP contribution is -2.18. The first-order chi connectivity index (χ1) is 16.7. The van der Waals surface area contributed by atoms with Crippen LogP contribution in [0.4, 0.5) is 0 Å². The van der Waals surface area contributed by atoms with Crippen molar-refractivity contribution in [2.75, 3.05) is 13.7 Å². The molecule has 0 aliphatic heterocycles. The molecule has 0 spiro atoms. The summed E-state index contributed by atoms with van der Waals surface area (Å²) in [6, 6.07) is 26.9. The number of para-hydroxylation sites is 1. The van der Waals surface area contributed by atoms with Crippen molar-refractivity contribution >= 4 is 22.9 Å². The number of nitrogens with zero attached hydrogens (tertiary/aromatic N) is 1. The maximum Gasteiger partial charge on any atom is 0.275 e. The van der Waals surface area contributed by atoms with Crippen molar-refractivity contribution in [1.82, 2.24) is 5.43 Å². The molecule has 4 rings (SSSR count). The normalized spacial score (nSPS) is 10.9. The molecule has 0 fully saturated rings. The minimum absolute atomic E-state index is 0.353. The van der Waals surface area contributed by atoms with Gasteiger partial charge < -0.3 is 14.2 Å². The van der Waals surface area contributed by atoms with Gasteiger partial charge >= 0.3 is 0 Å². The van der Waals surface area contributed by atoms with E-state index in [1.54, 1.807) is 30.5 Å². The average Bonchev–Trinajstić information content (AvgIpc) is 2.88. The van der Waals surface area contributed by atoms with Crippen LogP contribution in [0.25, 0.3) is 10.8 Å². The van der Waals surface area contributed by atoms with Crippen LogP contribution in [0.3, 0.4) is 0 Å². The zero-order chi connectivity index (χ0) is 23.8. The molecule has 0 saturated carbocycles. The van der Waals surface area contributed by atoms with Gasteiger partial charge in [-0.25, -0.2) is 5.43 Å². The molecule has 6 heteroatoms. The number of amides is 1. The molecule has 0 radical (unpaired) electrons. The number of fused-ring (bicyclic) bond motifs is 1. The maximum atomic E-state index is 12.4. The highest BCUT2D eigenvalue weighted by atomic mass is 16.5. The lowest BCUT2D eigenvalue weighted by molar-refractivity contribution is 0.0952. The van der Waals surface area contributed by atoms with Crippen molar-refractivity contribution in [3.63, 3.8) is 0 Å². The van der Waals surface area contributed by atoms with E-state index in [1.165, 1.54) is 12.5 Å². The monoisotopic (exact) mass is 454 g/mol. The van der Waals surface area contributed by atoms with E-state index >= 15 is 0 Å². The number of ether oxygens (including phenoxy) is 3. The van der Waals surface area contributed by atoms with Crippen molar-refractivity contribution < 1.29 is 19.0 Å². The summed E-state index contributed by atoms with van der Waals surface area (Å²) < 4.78 is 17.1. The molecule has 0 aliphatic carbocycles. The third kappa shape index (κ3) is 5.35. The second kappa shape index (κ2) is 11.0. The minimum atomic E-state index is -0.353. The van der Waals surface area contributed by atoms with Crippen LogP contribution in [0.5, 0.6) is 17.2 Å². The molecular weight excluding hydrogens is 428 g/mol. The molecule has 0 atom stereocenters. The van der Waals surface area contributed by atoms with Gasteiger partial charge in [0, 0.05) is 0 Å². The van der Waals surface area contributed by atoms with Crippen molar-refractivity contribution in [3.8, 4) is 17.2 Å². The highest BCUT2D eigenvalue weighted by molar-refractivity contribution is 5.97. The molecule has 6 nitrogen and oxygen atoms in total. The Bertz CT molecular complexity index is 1310. The van der Waals surface area contributed by atoms with Gasteiger partial charge in [-0.1, -0.05) is 54.6 Å². The Balaban J connectivity index is 1.46. The van der Waals surface area contributed by atoms with Gasteiger partial charge in [0.1, 0.15) is 12.4 Å². The summed E-state index contributed by atoms with van der Waals surface area (Å²) in [7, 11) is 1.52. The molecule has 4 aromatic rings. The molecule has 34 heavy (non-hydrogen) atoms. The topological polar surface area (TPSA) is 69.2 Å². The van der Waals surface area contributed by atoms with Crippen LogP contribution in [0.2, 0.25) is 0 Å². The first kappa shape index (κ1) is 22.9. The van der Waals surface area contributed by atoms with Crippen LogP contribution in [0.1, 0.15) is 28.4 Å². The lowest BCUT2D eigenvalue weighted by atomic mass is 10.1. The number of carbonyl (C=O) groups is 1. The Morgan fingerprint density at radius 3 is 2.53 bits per heavy atom. The SMILES string of the molecule is CCOc1cc(C=NNC(=O)c2ccccc2OC)ccc1OCc1cccc2ccccc12. The Morgan fingerprint density at radius 1 is 0.882 bits per heavy atom. The molecule has 0 aliphatic rings. The van der Waals surface area contributed by atoms with E-state index in [4.69, 9.17) is 14.2 Å². The Labute approximate surface area is 198 Å². The summed E-state index contributed by atoms with van der Waals surface area (Å²) in [6.45, 7) is 2.84. The van der Waals surface area contributed by atoms with Gasteiger partial charge in [0.15, 0.2) is 11.5 Å². The summed E-state index contributed by atoms with van der Waals surface area (Å²) in [5.41, 5.74) is 4.81. The fraction of sp³-hybridized carbons (Fsp3) is 0.143. The van der Waals surface area contributed by atoms with Gasteiger partial charge in [-0.2, -0.15) is 5.10 Å². The molecule has 0 heterocycles. The fourth-order valence-electron chi connectivity index (χ4n) is 3.62. The Morgan fingerprint density at radius 2 is 1.68 bits per heavy atom. The largest absolute Gasteiger partial charge is 0.496 e. The highest BCUT2D eigenvalue weighted by Crippen LogP contribution is 2.30. The molecule has 1 amide bonds. The number of methoxy groups -OCH3 is 1. The predicted molar refractivity (Wildman–Crippen MR) is 134 cm³/mol. The van der Waals surface area contributed by atoms with Crippen LogP contribution < -0.4 is 19.6 Å². The molecule has 4 aromatic carbocycles. The predicted octanol–water partition coefficient (Wildman–Crippen LogP) is 5.59. The second-order valence-electron chi connectivity index (χ2n) is 7.47. The quantitative estimate of drug-likeness (QED) is 0.264. The standard InChI is InChI=1S/C28H26N2O4/c1-3-33-27-17-20(18-29-30-28(31)24-13-6-7-14-25(24)32-2)15-16-26(27)34-19-22-11-8-10-21-9-4-5-12-23(21)22/h4-18H,3,19H2,1-2H3,(H,30,31). The molecule has 0 saturated heterocycles. The van der Waals surface area contributed by atoms with Crippen molar-refractivity contribution in [2.45, 2.75) is 13.5 Å². The van der Waals surface area contributed by atoms with E-state index < -0.39 is 0 Å². The summed E-state index contributed by atoms with van der Waals surface area (Å²) >= 11 is 0. The summed E-state index contributed by atoms with van der Waals surface area (Å²) in [4.78, 5) is 12.4. The van der Waals surface area contributed by atoms with Gasteiger partial charge in [-0.15, -0.1) is 0 Å². The number of rotatable bonds is 9. The zero-order valence-electron chi connectivity index (χ0n) is 19.2. The average molecular weight is 455 g/mol. The highest BCUT2D eigenvalue weighted by Gasteiger charge is 2.11. The zero-order valence-corrected chi connectivity index (χ0v) is 19.2. The summed E-state index contributed by atoms with van der Waals surface area (Å²) in [5.74, 6) is 1.39. The van der Waals surface area contributed by atoms with Crippen molar-refractivity contribution in [1.29, 1.82) is 0 Å². The van der Waals surface area contributed by atoms with Gasteiger partial charge in [0.2, 0.25) is 0 Å². The van der Waals surface area contributed by atoms with Gasteiger partial charge in [-0.3, -0.25) is 4.79 Å². The van der Waals surface area contributed by atoms with Crippen LogP contribution in [-0.4, -0.2) is 25.8 Å². The van der Waals surface area contributed by atoms with E-state index in [0.717, 1.165) is 16.5 Å². The van der Waals surface area contributed by atoms with Crippen LogP contribution in [0.15, 0.2) is 90.0 Å². The fourth-order valence-corrected chi connectivity index (χ4v) is 3.62. The van der Waals surface area contributed by atoms with Gasteiger partial charge in [0.25, 0.3) is 5.91 Å². The van der Waals surface area contributed by atoms with Crippen molar-refractivity contribution in [2.24, 2.45) is 5.10 Å². The van der Waals surface area contributed by atoms with Gasteiger partial charge in [-0.05, 0) is 59.2 Å². The Kier molecular flexibility index (Phi) is 7.40. The Hall–Kier alpha value is -4.32. The number of nitrogens with one attached hydrogen (secondary N) is 1. The summed E-state index contributed by atoms with van der Waals surface area (Å²) in [5, 5.41) is 6.42. The second-order valence-corrected chi connectivity index (χ2v) is 7.47. The van der Waals surface area contributed by atoms with E-state index in [2.05, 4.69) is 34.8 Å². The molecule has 172 valence electrons. The molecular formula is C28H26N2O4. The molecule has 1 N–H and O–H groups in total. The number of hydrogen-bond donors (Lipinski definition) is 1. The first-order valence-corrected chi connectivity index (χ1v) is 11.0. The number of hydrazone groups is 1. The third-order valence-electron chi connectivity index (χ3n) is 5.26.